The molecule has 1 N–H and O–H groups in total. The number of hydrogen-bond acceptors (Lipinski definition) is 4. The van der Waals surface area contributed by atoms with Crippen molar-refractivity contribution in [1.82, 2.24) is 4.57 Å². The van der Waals surface area contributed by atoms with Crippen molar-refractivity contribution < 1.29 is 0 Å². The first-order chi connectivity index (χ1) is 8.72. The standard InChI is InChI=1S/C13H13N3OS/c1-2-16-8-11(3-4-13(16)17)15-7-12-5-10(6-14)9-18-12/h3-5,8-9,15H,2,7H2,1H3. The predicted octanol–water partition coefficient (Wildman–Crippen LogP) is 2.41. The molecular weight excluding hydrogens is 246 g/mol. The van der Waals surface area contributed by atoms with Gasteiger partial charge in [0.15, 0.2) is 0 Å². The minimum absolute atomic E-state index is 0.00550. The summed E-state index contributed by atoms with van der Waals surface area (Å²) in [4.78, 5) is 12.5. The molecule has 18 heavy (non-hydrogen) atoms. The van der Waals surface area contributed by atoms with Gasteiger partial charge in [-0.15, -0.1) is 11.3 Å². The van der Waals surface area contributed by atoms with Gasteiger partial charge in [0, 0.05) is 35.6 Å². The highest BCUT2D eigenvalue weighted by Crippen LogP contribution is 2.15. The third-order valence-electron chi connectivity index (χ3n) is 2.57. The molecule has 2 aromatic heterocycles. The lowest BCUT2D eigenvalue weighted by molar-refractivity contribution is 0.728. The van der Waals surface area contributed by atoms with E-state index in [1.165, 1.54) is 0 Å². The molecular formula is C13H13N3OS. The largest absolute Gasteiger partial charge is 0.379 e. The third kappa shape index (κ3) is 2.79. The number of rotatable bonds is 4. The van der Waals surface area contributed by atoms with Crippen LogP contribution in [0, 0.1) is 11.3 Å². The van der Waals surface area contributed by atoms with Gasteiger partial charge in [0.05, 0.1) is 11.3 Å². The summed E-state index contributed by atoms with van der Waals surface area (Å²) in [5.74, 6) is 0. The number of pyridine rings is 1. The summed E-state index contributed by atoms with van der Waals surface area (Å²) in [7, 11) is 0. The number of nitrogens with zero attached hydrogens (tertiary/aromatic N) is 2. The van der Waals surface area contributed by atoms with Crippen molar-refractivity contribution in [1.29, 1.82) is 5.26 Å². The molecule has 0 saturated carbocycles. The second-order valence-electron chi connectivity index (χ2n) is 3.81. The maximum absolute atomic E-state index is 11.4. The van der Waals surface area contributed by atoms with Crippen LogP contribution in [0.2, 0.25) is 0 Å². The Morgan fingerprint density at radius 1 is 1.50 bits per heavy atom. The summed E-state index contributed by atoms with van der Waals surface area (Å²) in [6.07, 6.45) is 1.81. The van der Waals surface area contributed by atoms with Crippen molar-refractivity contribution in [2.45, 2.75) is 20.0 Å². The summed E-state index contributed by atoms with van der Waals surface area (Å²) in [6.45, 7) is 3.25. The number of anilines is 1. The molecule has 0 unspecified atom stereocenters. The number of nitrogens with one attached hydrogen (secondary N) is 1. The second kappa shape index (κ2) is 5.52. The molecule has 0 spiro atoms. The van der Waals surface area contributed by atoms with Crippen molar-refractivity contribution in [2.75, 3.05) is 5.32 Å². The van der Waals surface area contributed by atoms with Crippen LogP contribution in [-0.4, -0.2) is 4.57 Å². The van der Waals surface area contributed by atoms with Crippen LogP contribution in [0.1, 0.15) is 17.4 Å². The van der Waals surface area contributed by atoms with Gasteiger partial charge in [-0.2, -0.15) is 5.26 Å². The fraction of sp³-hybridized carbons (Fsp3) is 0.231. The van der Waals surface area contributed by atoms with E-state index in [4.69, 9.17) is 5.26 Å². The van der Waals surface area contributed by atoms with Crippen LogP contribution in [0.4, 0.5) is 5.69 Å². The molecule has 5 heteroatoms. The van der Waals surface area contributed by atoms with E-state index in [2.05, 4.69) is 11.4 Å². The molecule has 0 fully saturated rings. The molecule has 92 valence electrons. The van der Waals surface area contributed by atoms with Gasteiger partial charge in [-0.3, -0.25) is 4.79 Å². The Balaban J connectivity index is 2.06. The lowest BCUT2D eigenvalue weighted by Crippen LogP contribution is -2.17. The summed E-state index contributed by atoms with van der Waals surface area (Å²) < 4.78 is 1.65. The van der Waals surface area contributed by atoms with Gasteiger partial charge in [0.1, 0.15) is 6.07 Å². The van der Waals surface area contributed by atoms with Crippen molar-refractivity contribution >= 4 is 17.0 Å². The fourth-order valence-corrected chi connectivity index (χ4v) is 2.35. The SMILES string of the molecule is CCn1cc(NCc2cc(C#N)cs2)ccc1=O. The van der Waals surface area contributed by atoms with Crippen LogP contribution in [-0.2, 0) is 13.1 Å². The van der Waals surface area contributed by atoms with E-state index >= 15 is 0 Å². The van der Waals surface area contributed by atoms with Crippen LogP contribution in [0.3, 0.4) is 0 Å². The molecule has 0 bridgehead atoms. The zero-order valence-electron chi connectivity index (χ0n) is 10.0. The first-order valence-corrected chi connectivity index (χ1v) is 6.52. The molecule has 0 radical (unpaired) electrons. The van der Waals surface area contributed by atoms with E-state index < -0.39 is 0 Å². The Bertz CT molecular complexity index is 636. The average Bonchev–Trinajstić information content (AvgIpc) is 2.86. The van der Waals surface area contributed by atoms with Crippen LogP contribution >= 0.6 is 11.3 Å². The normalized spacial score (nSPS) is 10.0. The number of thiophene rings is 1. The Kier molecular flexibility index (Phi) is 3.80. The lowest BCUT2D eigenvalue weighted by Gasteiger charge is -2.07. The second-order valence-corrected chi connectivity index (χ2v) is 4.80. The number of nitriles is 1. The van der Waals surface area contributed by atoms with E-state index in [9.17, 15) is 4.79 Å². The Labute approximate surface area is 109 Å². The van der Waals surface area contributed by atoms with Gasteiger partial charge in [-0.1, -0.05) is 0 Å². The third-order valence-corrected chi connectivity index (χ3v) is 3.51. The van der Waals surface area contributed by atoms with E-state index in [0.29, 0.717) is 18.7 Å². The Morgan fingerprint density at radius 3 is 3.00 bits per heavy atom. The first kappa shape index (κ1) is 12.4. The summed E-state index contributed by atoms with van der Waals surface area (Å²) in [6, 6.07) is 7.30. The highest BCUT2D eigenvalue weighted by molar-refractivity contribution is 7.10. The van der Waals surface area contributed by atoms with Crippen LogP contribution < -0.4 is 10.9 Å². The van der Waals surface area contributed by atoms with Gasteiger partial charge >= 0.3 is 0 Å². The first-order valence-electron chi connectivity index (χ1n) is 5.65. The van der Waals surface area contributed by atoms with E-state index in [1.807, 2.05) is 18.4 Å². The van der Waals surface area contributed by atoms with Crippen LogP contribution in [0.5, 0.6) is 0 Å². The molecule has 0 aromatic carbocycles. The van der Waals surface area contributed by atoms with E-state index in [-0.39, 0.29) is 5.56 Å². The van der Waals surface area contributed by atoms with Gasteiger partial charge in [0.2, 0.25) is 0 Å². The van der Waals surface area contributed by atoms with Crippen molar-refractivity contribution in [3.8, 4) is 6.07 Å². The molecule has 0 amide bonds. The number of aromatic nitrogens is 1. The zero-order valence-corrected chi connectivity index (χ0v) is 10.8. The Hall–Kier alpha value is -2.06. The van der Waals surface area contributed by atoms with Crippen LogP contribution in [0.25, 0.3) is 0 Å². The maximum atomic E-state index is 11.4. The van der Waals surface area contributed by atoms with Gasteiger partial charge in [-0.05, 0) is 19.1 Å². The molecule has 0 saturated heterocycles. The molecule has 0 aliphatic heterocycles. The monoisotopic (exact) mass is 259 g/mol. The summed E-state index contributed by atoms with van der Waals surface area (Å²) in [5.41, 5.74) is 1.60. The maximum Gasteiger partial charge on any atom is 0.250 e. The Morgan fingerprint density at radius 2 is 2.33 bits per heavy atom. The molecule has 0 aliphatic carbocycles. The molecule has 2 aromatic rings. The molecule has 2 rings (SSSR count). The predicted molar refractivity (Wildman–Crippen MR) is 72.7 cm³/mol. The highest BCUT2D eigenvalue weighted by Gasteiger charge is 2.00. The van der Waals surface area contributed by atoms with Crippen molar-refractivity contribution in [3.05, 3.63) is 50.6 Å². The van der Waals surface area contributed by atoms with E-state index in [1.54, 1.807) is 34.2 Å². The van der Waals surface area contributed by atoms with Gasteiger partial charge < -0.3 is 9.88 Å². The van der Waals surface area contributed by atoms with E-state index in [0.717, 1.165) is 10.6 Å². The minimum Gasteiger partial charge on any atom is -0.379 e. The molecule has 4 nitrogen and oxygen atoms in total. The molecule has 0 aliphatic rings. The highest BCUT2D eigenvalue weighted by atomic mass is 32.1. The van der Waals surface area contributed by atoms with Crippen molar-refractivity contribution in [2.24, 2.45) is 0 Å². The fourth-order valence-electron chi connectivity index (χ4n) is 1.60. The smallest absolute Gasteiger partial charge is 0.250 e. The van der Waals surface area contributed by atoms with Crippen molar-refractivity contribution in [3.63, 3.8) is 0 Å². The lowest BCUT2D eigenvalue weighted by atomic mass is 10.3. The van der Waals surface area contributed by atoms with Gasteiger partial charge in [0.25, 0.3) is 5.56 Å². The average molecular weight is 259 g/mol. The van der Waals surface area contributed by atoms with Crippen LogP contribution in [0.15, 0.2) is 34.6 Å². The summed E-state index contributed by atoms with van der Waals surface area (Å²) in [5, 5.41) is 13.8. The zero-order chi connectivity index (χ0) is 13.0. The minimum atomic E-state index is 0.00550. The number of hydrogen-bond donors (Lipinski definition) is 1. The quantitative estimate of drug-likeness (QED) is 0.917. The summed E-state index contributed by atoms with van der Waals surface area (Å²) >= 11 is 1.55. The van der Waals surface area contributed by atoms with Gasteiger partial charge in [-0.25, -0.2) is 0 Å². The number of aryl methyl sites for hydroxylation is 1. The molecule has 0 atom stereocenters. The molecule has 2 heterocycles. The topological polar surface area (TPSA) is 57.8 Å².